The number of fused-ring (bicyclic) bond motifs is 3. The van der Waals surface area contributed by atoms with Gasteiger partial charge in [0.25, 0.3) is 3.79 Å². The summed E-state index contributed by atoms with van der Waals surface area (Å²) in [7, 11) is 0. The molecule has 0 saturated carbocycles. The first-order valence-electron chi connectivity index (χ1n) is 9.82. The van der Waals surface area contributed by atoms with Crippen LogP contribution in [-0.4, -0.2) is 46.4 Å². The van der Waals surface area contributed by atoms with E-state index in [-0.39, 0.29) is 13.2 Å². The van der Waals surface area contributed by atoms with Gasteiger partial charge in [0.05, 0.1) is 13.2 Å². The highest BCUT2D eigenvalue weighted by molar-refractivity contribution is 6.76. The van der Waals surface area contributed by atoms with Gasteiger partial charge >= 0.3 is 5.97 Å². The van der Waals surface area contributed by atoms with Crippen molar-refractivity contribution in [1.82, 2.24) is 0 Å². The highest BCUT2D eigenvalue weighted by atomic mass is 35.6. The number of alkyl halides is 3. The molecule has 5 rings (SSSR count). The number of hydrogen-bond donors (Lipinski definition) is 1. The number of esters is 1. The normalized spacial score (nSPS) is 27.1. The summed E-state index contributed by atoms with van der Waals surface area (Å²) >= 11 is 17.2. The fourth-order valence-electron chi connectivity index (χ4n) is 3.51. The van der Waals surface area contributed by atoms with Crippen molar-refractivity contribution in [2.45, 2.75) is 47.7 Å². The zero-order chi connectivity index (χ0) is 22.7. The standard InChI is InChI=1S/C22H20Cl3NO6/c23-22(24,25)21(26)32-20-18-16(29-12-14-9-5-2-6-10-14)15(17(31-20)19(27)30-18)28-11-13-7-3-1-4-8-13/h1-10,15-18,20,26H,11-12H2/t15-,16-,17-,18+,20+/m0/s1. The highest BCUT2D eigenvalue weighted by Gasteiger charge is 2.59. The Morgan fingerprint density at radius 1 is 0.906 bits per heavy atom. The molecule has 2 aromatic carbocycles. The zero-order valence-electron chi connectivity index (χ0n) is 16.7. The fourth-order valence-corrected chi connectivity index (χ4v) is 3.64. The van der Waals surface area contributed by atoms with Crippen LogP contribution in [0.2, 0.25) is 0 Å². The van der Waals surface area contributed by atoms with Crippen LogP contribution in [0.15, 0.2) is 60.7 Å². The van der Waals surface area contributed by atoms with Gasteiger partial charge in [-0.2, -0.15) is 0 Å². The summed E-state index contributed by atoms with van der Waals surface area (Å²) in [5.74, 6) is -1.26. The minimum absolute atomic E-state index is 0.242. The Labute approximate surface area is 199 Å². The van der Waals surface area contributed by atoms with Crippen LogP contribution < -0.4 is 0 Å². The van der Waals surface area contributed by atoms with Gasteiger partial charge in [-0.1, -0.05) is 95.5 Å². The van der Waals surface area contributed by atoms with E-state index in [0.717, 1.165) is 11.1 Å². The molecule has 0 aliphatic carbocycles. The molecule has 2 bridgehead atoms. The Balaban J connectivity index is 1.53. The van der Waals surface area contributed by atoms with Crippen LogP contribution in [-0.2, 0) is 41.7 Å². The topological polar surface area (TPSA) is 87.1 Å². The number of benzene rings is 2. The molecule has 32 heavy (non-hydrogen) atoms. The smallest absolute Gasteiger partial charge is 0.338 e. The third kappa shape index (κ3) is 5.36. The minimum atomic E-state index is -2.09. The maximum atomic E-state index is 12.5. The molecule has 0 aromatic heterocycles. The molecular formula is C22H20Cl3NO6. The van der Waals surface area contributed by atoms with Gasteiger partial charge in [-0.15, -0.1) is 0 Å². The van der Waals surface area contributed by atoms with E-state index in [1.807, 2.05) is 60.7 Å². The summed E-state index contributed by atoms with van der Waals surface area (Å²) in [6.07, 6.45) is -4.82. The molecule has 3 aliphatic heterocycles. The second-order valence-corrected chi connectivity index (χ2v) is 9.57. The zero-order valence-corrected chi connectivity index (χ0v) is 18.9. The number of hydrogen-bond acceptors (Lipinski definition) is 7. The summed E-state index contributed by atoms with van der Waals surface area (Å²) in [6, 6.07) is 19.0. The molecule has 3 fully saturated rings. The lowest BCUT2D eigenvalue weighted by atomic mass is 9.94. The predicted octanol–water partition coefficient (Wildman–Crippen LogP) is 4.17. The molecule has 0 unspecified atom stereocenters. The van der Waals surface area contributed by atoms with Crippen molar-refractivity contribution in [2.24, 2.45) is 0 Å². The van der Waals surface area contributed by atoms with E-state index < -0.39 is 46.4 Å². The molecule has 3 heterocycles. The number of ether oxygens (including phenoxy) is 5. The van der Waals surface area contributed by atoms with Crippen molar-refractivity contribution in [1.29, 1.82) is 5.41 Å². The average molecular weight is 501 g/mol. The van der Waals surface area contributed by atoms with Crippen LogP contribution in [0, 0.1) is 5.41 Å². The number of carbonyl (C=O) groups is 1. The lowest BCUT2D eigenvalue weighted by Gasteiger charge is -2.49. The molecule has 1 N–H and O–H groups in total. The third-order valence-electron chi connectivity index (χ3n) is 5.04. The summed E-state index contributed by atoms with van der Waals surface area (Å²) in [4.78, 5) is 12.5. The van der Waals surface area contributed by atoms with Crippen LogP contribution in [0.3, 0.4) is 0 Å². The largest absolute Gasteiger partial charge is 0.451 e. The molecule has 2 aromatic rings. The first-order chi connectivity index (χ1) is 15.3. The molecule has 0 amide bonds. The second kappa shape index (κ2) is 9.95. The molecular weight excluding hydrogens is 481 g/mol. The SMILES string of the molecule is N=C(O[C@H]1O[C@@H]2C(=O)O[C@@H]1[C@@H](OCc1ccccc1)[C@@H]2OCc1ccccc1)C(Cl)(Cl)Cl. The molecule has 3 aliphatic rings. The van der Waals surface area contributed by atoms with Gasteiger partial charge < -0.3 is 23.7 Å². The monoisotopic (exact) mass is 499 g/mol. The Morgan fingerprint density at radius 3 is 1.97 bits per heavy atom. The highest BCUT2D eigenvalue weighted by Crippen LogP contribution is 2.37. The Bertz CT molecular complexity index is 940. The quantitative estimate of drug-likeness (QED) is 0.266. The average Bonchev–Trinajstić information content (AvgIpc) is 2.78. The number of rotatable bonds is 7. The Kier molecular flexibility index (Phi) is 7.24. The number of halogens is 3. The summed E-state index contributed by atoms with van der Waals surface area (Å²) in [6.45, 7) is 0.484. The first-order valence-corrected chi connectivity index (χ1v) is 11.0. The summed E-state index contributed by atoms with van der Waals surface area (Å²) in [5, 5.41) is 7.84. The number of nitrogens with one attached hydrogen (secondary N) is 1. The van der Waals surface area contributed by atoms with Gasteiger partial charge in [0.1, 0.15) is 12.2 Å². The molecule has 0 radical (unpaired) electrons. The lowest BCUT2D eigenvalue weighted by Crippen LogP contribution is -2.69. The van der Waals surface area contributed by atoms with Crippen molar-refractivity contribution in [3.05, 3.63) is 71.8 Å². The Hall–Kier alpha value is -1.87. The first kappa shape index (κ1) is 23.3. The van der Waals surface area contributed by atoms with Gasteiger partial charge in [0, 0.05) is 0 Å². The van der Waals surface area contributed by atoms with E-state index in [4.69, 9.17) is 63.9 Å². The molecule has 5 atom stereocenters. The van der Waals surface area contributed by atoms with E-state index in [9.17, 15) is 4.79 Å². The van der Waals surface area contributed by atoms with Crippen LogP contribution in [0.4, 0.5) is 0 Å². The van der Waals surface area contributed by atoms with Crippen LogP contribution >= 0.6 is 34.8 Å². The van der Waals surface area contributed by atoms with E-state index in [2.05, 4.69) is 0 Å². The summed E-state index contributed by atoms with van der Waals surface area (Å²) in [5.41, 5.74) is 1.85. The molecule has 7 nitrogen and oxygen atoms in total. The van der Waals surface area contributed by atoms with E-state index in [1.54, 1.807) is 0 Å². The lowest BCUT2D eigenvalue weighted by molar-refractivity contribution is -0.329. The van der Waals surface area contributed by atoms with Gasteiger partial charge in [0.15, 0.2) is 12.2 Å². The van der Waals surface area contributed by atoms with Gasteiger partial charge in [-0.05, 0) is 11.1 Å². The summed E-state index contributed by atoms with van der Waals surface area (Å²) < 4.78 is 26.7. The van der Waals surface area contributed by atoms with E-state index >= 15 is 0 Å². The van der Waals surface area contributed by atoms with Crippen LogP contribution in [0.5, 0.6) is 0 Å². The second-order valence-electron chi connectivity index (χ2n) is 7.29. The predicted molar refractivity (Wildman–Crippen MR) is 118 cm³/mol. The van der Waals surface area contributed by atoms with E-state index in [1.165, 1.54) is 0 Å². The van der Waals surface area contributed by atoms with Crippen molar-refractivity contribution in [3.8, 4) is 0 Å². The molecule has 3 saturated heterocycles. The van der Waals surface area contributed by atoms with Crippen LogP contribution in [0.1, 0.15) is 11.1 Å². The van der Waals surface area contributed by atoms with Gasteiger partial charge in [-0.3, -0.25) is 5.41 Å². The Morgan fingerprint density at radius 2 is 1.44 bits per heavy atom. The van der Waals surface area contributed by atoms with Gasteiger partial charge in [-0.25, -0.2) is 4.79 Å². The third-order valence-corrected chi connectivity index (χ3v) is 5.56. The van der Waals surface area contributed by atoms with Crippen molar-refractivity contribution in [3.63, 3.8) is 0 Å². The van der Waals surface area contributed by atoms with Crippen molar-refractivity contribution in [2.75, 3.05) is 0 Å². The van der Waals surface area contributed by atoms with Crippen molar-refractivity contribution >= 4 is 46.7 Å². The number of carbonyl (C=O) groups excluding carboxylic acids is 1. The maximum Gasteiger partial charge on any atom is 0.338 e. The minimum Gasteiger partial charge on any atom is -0.451 e. The van der Waals surface area contributed by atoms with Gasteiger partial charge in [0.2, 0.25) is 12.2 Å². The van der Waals surface area contributed by atoms with E-state index in [0.29, 0.717) is 0 Å². The molecule has 0 spiro atoms. The molecule has 170 valence electrons. The maximum absolute atomic E-state index is 12.5. The van der Waals surface area contributed by atoms with Crippen molar-refractivity contribution < 1.29 is 28.5 Å². The molecule has 10 heteroatoms. The fraction of sp³-hybridized carbons (Fsp3) is 0.364. The van der Waals surface area contributed by atoms with Crippen LogP contribution in [0.25, 0.3) is 0 Å².